The Hall–Kier alpha value is -3.71. The normalized spacial score (nSPS) is 62.0. The van der Waals surface area contributed by atoms with E-state index in [1.54, 1.807) is 0 Å². The first-order chi connectivity index (χ1) is 55.9. The molecule has 0 radical (unpaired) electrons. The van der Waals surface area contributed by atoms with Crippen molar-refractivity contribution < 1.29 is 66.7 Å². The van der Waals surface area contributed by atoms with Gasteiger partial charge >= 0.3 is 41.8 Å². The monoisotopic (exact) mass is 1590 g/mol. The van der Waals surface area contributed by atoms with Crippen molar-refractivity contribution in [2.75, 3.05) is 46.2 Å². The molecule has 7 aliphatic heterocycles. The van der Waals surface area contributed by atoms with E-state index in [1.165, 1.54) is 148 Å². The molecule has 634 valence electrons. The molecule has 50 unspecified atom stereocenters. The molecular formula is C102H142O14. The molecule has 0 aromatic carbocycles. The molecule has 0 amide bonds. The number of ether oxygens (including phenoxy) is 7. The van der Waals surface area contributed by atoms with Gasteiger partial charge in [0.15, 0.2) is 0 Å². The number of hydrogen-bond acceptors (Lipinski definition) is 14. The number of carbonyl (C=O) groups is 7. The number of rotatable bonds is 0. The molecule has 50 atom stereocenters. The molecule has 31 aliphatic rings. The maximum absolute atomic E-state index is 12.2. The molecule has 24 saturated carbocycles. The molecule has 31 rings (SSSR count). The highest BCUT2D eigenvalue weighted by Crippen LogP contribution is 2.80. The van der Waals surface area contributed by atoms with Crippen molar-refractivity contribution in [2.24, 2.45) is 293 Å². The lowest BCUT2D eigenvalue weighted by atomic mass is 9.59. The largest absolute Gasteiger partial charge is 0.465 e. The lowest BCUT2D eigenvalue weighted by Gasteiger charge is -2.44. The Labute approximate surface area is 691 Å². The summed E-state index contributed by atoms with van der Waals surface area (Å²) in [5, 5.41) is 0. The number of cyclic esters (lactones) is 7. The molecule has 14 nitrogen and oxygen atoms in total. The molecule has 24 bridgehead atoms. The maximum Gasteiger partial charge on any atom is 0.312 e. The minimum atomic E-state index is -0.0450. The van der Waals surface area contributed by atoms with Crippen molar-refractivity contribution in [3.8, 4) is 0 Å². The van der Waals surface area contributed by atoms with Crippen molar-refractivity contribution in [2.45, 2.75) is 248 Å². The summed E-state index contributed by atoms with van der Waals surface area (Å²) < 4.78 is 37.1. The number of hydrogen-bond donors (Lipinski definition) is 0. The molecule has 24 aliphatic carbocycles. The zero-order chi connectivity index (χ0) is 78.6. The van der Waals surface area contributed by atoms with E-state index in [-0.39, 0.29) is 74.3 Å². The van der Waals surface area contributed by atoms with Gasteiger partial charge < -0.3 is 33.2 Å². The van der Waals surface area contributed by atoms with Crippen LogP contribution in [0.5, 0.6) is 0 Å². The summed E-state index contributed by atoms with van der Waals surface area (Å²) in [5.74, 6) is 39.8. The van der Waals surface area contributed by atoms with E-state index in [4.69, 9.17) is 33.2 Å². The second-order valence-electron chi connectivity index (χ2n) is 50.1. The van der Waals surface area contributed by atoms with Gasteiger partial charge in [0.2, 0.25) is 0 Å². The first-order valence-corrected chi connectivity index (χ1v) is 50.0. The van der Waals surface area contributed by atoms with Crippen molar-refractivity contribution in [3.05, 3.63) is 0 Å². The van der Waals surface area contributed by atoms with E-state index in [0.29, 0.717) is 61.7 Å². The highest BCUT2D eigenvalue weighted by Gasteiger charge is 2.77. The van der Waals surface area contributed by atoms with Gasteiger partial charge in [0.25, 0.3) is 0 Å². The second-order valence-corrected chi connectivity index (χ2v) is 50.1. The lowest BCUT2D eigenvalue weighted by molar-refractivity contribution is -0.152. The standard InChI is InChI=1S/4C16H22O2.C15H20O2.C12H18O2.C11H16O2/c1-8-2-9-3-11(8)14-10-4-12(15(9)14)16(5-10)6-13(17)18-7-16;1-8-2-9-3-11(8)15-12-4-10(14(9)15)5-16(12)6-13(17)18-7-16;1-8-4-9-5-11(8)13-10-6-12(14(9)13)16(7-10)2-3-18-15(16)17;1-8-4-9-5-11(8)14-12-6-10(13(9)14)7-16(12)2-3-18-15(16)17;1-6-2-7-3-8(6)13-10-4-9(12(7)13)11-5-17-15(16)14(10)11;1-7-8(2)10-5-9(7)6-12(10)3-4-14-11(12)13;1-7-2-9-3-8(7)4-11(9)5-10(12)13-6-11/h2*8-12,14-15H,2-7H2,1H3;2*8-14H,2-7H2,1H3;6-14H,2-5H2,1H3;7-10H,3-6H2,1-2H3;7-9H,2-6H2,1H3. The van der Waals surface area contributed by atoms with E-state index in [1.807, 2.05) is 0 Å². The Morgan fingerprint density at radius 3 is 1.09 bits per heavy atom. The van der Waals surface area contributed by atoms with Gasteiger partial charge in [-0.1, -0.05) is 55.4 Å². The molecular weight excluding hydrogens is 1450 g/mol. The van der Waals surface area contributed by atoms with E-state index in [2.05, 4.69) is 55.4 Å². The van der Waals surface area contributed by atoms with Crippen LogP contribution in [0.15, 0.2) is 0 Å². The van der Waals surface area contributed by atoms with Crippen molar-refractivity contribution >= 4 is 41.8 Å². The smallest absolute Gasteiger partial charge is 0.312 e. The molecule has 0 N–H and O–H groups in total. The third kappa shape index (κ3) is 9.98. The zero-order valence-corrected chi connectivity index (χ0v) is 71.8. The van der Waals surface area contributed by atoms with Crippen LogP contribution in [0.3, 0.4) is 0 Å². The topological polar surface area (TPSA) is 184 Å². The predicted molar refractivity (Wildman–Crippen MR) is 429 cm³/mol. The number of esters is 7. The summed E-state index contributed by atoms with van der Waals surface area (Å²) in [6.45, 7) is 24.4. The van der Waals surface area contributed by atoms with Crippen LogP contribution in [-0.2, 0) is 66.7 Å². The first-order valence-electron chi connectivity index (χ1n) is 50.0. The van der Waals surface area contributed by atoms with Crippen LogP contribution in [0.2, 0.25) is 0 Å². The SMILES string of the molecule is CC1C2CC(C1C)C1(CCOC1=O)C2.CC1CC2CC1C1C2C2CC1C1(CCOC1=O)C2.CC1CC2CC1C1C2C2CC1C1(COC(=O)C1)C2.CC1CC2CC1C1C3CC(C21)C1(CCOC1=O)C3.CC1CC2CC1C1C3CC(C21)C1(COC(=O)C1)C3.CC1CC2CC1C1C3CC(C4COC(=O)C43)C21.CC1CC2CC1CC21COC(=O)C1. The minimum Gasteiger partial charge on any atom is -0.465 e. The summed E-state index contributed by atoms with van der Waals surface area (Å²) in [6.07, 6.45) is 38.3. The fourth-order valence-electron chi connectivity index (χ4n) is 43.9. The van der Waals surface area contributed by atoms with Gasteiger partial charge in [-0.3, -0.25) is 33.6 Å². The van der Waals surface area contributed by atoms with Crippen LogP contribution in [0.4, 0.5) is 0 Å². The highest BCUT2D eigenvalue weighted by atomic mass is 16.6. The van der Waals surface area contributed by atoms with Crippen LogP contribution in [0.25, 0.3) is 0 Å². The highest BCUT2D eigenvalue weighted by molar-refractivity contribution is 5.82. The number of fused-ring (bicyclic) bond motifs is 58. The molecule has 116 heavy (non-hydrogen) atoms. The predicted octanol–water partition coefficient (Wildman–Crippen LogP) is 18.0. The van der Waals surface area contributed by atoms with Crippen LogP contribution >= 0.6 is 0 Å². The molecule has 31 fully saturated rings. The van der Waals surface area contributed by atoms with Crippen LogP contribution in [-0.4, -0.2) is 88.0 Å². The third-order valence-electron chi connectivity index (χ3n) is 47.2. The van der Waals surface area contributed by atoms with E-state index in [9.17, 15) is 33.6 Å². The van der Waals surface area contributed by atoms with Gasteiger partial charge in [-0.25, -0.2) is 0 Å². The Morgan fingerprint density at radius 1 is 0.259 bits per heavy atom. The quantitative estimate of drug-likeness (QED) is 0.127. The fraction of sp³-hybridized carbons (Fsp3) is 0.931. The third-order valence-corrected chi connectivity index (χ3v) is 47.2. The lowest BCUT2D eigenvalue weighted by Crippen LogP contribution is -2.43. The minimum absolute atomic E-state index is 0.0143. The van der Waals surface area contributed by atoms with Gasteiger partial charge in [-0.2, -0.15) is 0 Å². The molecule has 7 heterocycles. The Bertz CT molecular complexity index is 4090. The van der Waals surface area contributed by atoms with Crippen LogP contribution in [0.1, 0.15) is 248 Å². The zero-order valence-electron chi connectivity index (χ0n) is 71.8. The molecule has 0 aromatic rings. The molecule has 6 spiro atoms. The van der Waals surface area contributed by atoms with Gasteiger partial charge in [0, 0.05) is 22.2 Å². The Kier molecular flexibility index (Phi) is 16.6. The van der Waals surface area contributed by atoms with Crippen molar-refractivity contribution in [3.63, 3.8) is 0 Å². The molecule has 0 aromatic heterocycles. The Morgan fingerprint density at radius 2 is 0.638 bits per heavy atom. The fourth-order valence-corrected chi connectivity index (χ4v) is 43.9. The van der Waals surface area contributed by atoms with Gasteiger partial charge in [-0.05, 0) is 422 Å². The summed E-state index contributed by atoms with van der Waals surface area (Å²) >= 11 is 0. The number of carbonyl (C=O) groups excluding carboxylic acids is 7. The van der Waals surface area contributed by atoms with E-state index < -0.39 is 0 Å². The van der Waals surface area contributed by atoms with Crippen molar-refractivity contribution in [1.29, 1.82) is 0 Å². The summed E-state index contributed by atoms with van der Waals surface area (Å²) in [7, 11) is 0. The molecule has 7 saturated heterocycles. The molecule has 14 heteroatoms. The van der Waals surface area contributed by atoms with Gasteiger partial charge in [0.05, 0.1) is 87.7 Å². The van der Waals surface area contributed by atoms with Gasteiger partial charge in [0.1, 0.15) is 0 Å². The summed E-state index contributed by atoms with van der Waals surface area (Å²) in [5.41, 5.74) is 0.782. The average Bonchev–Trinajstić information content (AvgIpc) is 1.54. The van der Waals surface area contributed by atoms with Gasteiger partial charge in [-0.15, -0.1) is 0 Å². The average molecular weight is 1590 g/mol. The van der Waals surface area contributed by atoms with E-state index in [0.717, 1.165) is 290 Å². The van der Waals surface area contributed by atoms with Crippen molar-refractivity contribution in [1.82, 2.24) is 0 Å². The van der Waals surface area contributed by atoms with Crippen LogP contribution in [0, 0.1) is 293 Å². The summed E-state index contributed by atoms with van der Waals surface area (Å²) in [6, 6.07) is 0. The first kappa shape index (κ1) is 74.9. The van der Waals surface area contributed by atoms with Crippen LogP contribution < -0.4 is 0 Å². The maximum atomic E-state index is 12.2. The Balaban J connectivity index is 0.0000000761. The van der Waals surface area contributed by atoms with E-state index >= 15 is 0 Å². The summed E-state index contributed by atoms with van der Waals surface area (Å²) in [4.78, 5) is 82.5. The second kappa shape index (κ2) is 25.7.